The number of carbonyl (C=O) groups excluding carboxylic acids is 1. The fourth-order valence-corrected chi connectivity index (χ4v) is 4.65. The van der Waals surface area contributed by atoms with Gasteiger partial charge in [0.1, 0.15) is 5.82 Å². The maximum Gasteiger partial charge on any atom is 0.223 e. The van der Waals surface area contributed by atoms with Crippen molar-refractivity contribution in [3.8, 4) is 0 Å². The highest BCUT2D eigenvalue weighted by Crippen LogP contribution is 2.31. The Labute approximate surface area is 140 Å². The average molecular weight is 329 g/mol. The van der Waals surface area contributed by atoms with Gasteiger partial charge in [0.25, 0.3) is 0 Å². The van der Waals surface area contributed by atoms with E-state index in [-0.39, 0.29) is 11.8 Å². The minimum absolute atomic E-state index is 0.175. The third-order valence-corrected chi connectivity index (χ3v) is 6.11. The second-order valence-electron chi connectivity index (χ2n) is 6.72. The quantitative estimate of drug-likeness (QED) is 0.936. The molecule has 122 valence electrons. The van der Waals surface area contributed by atoms with Crippen LogP contribution in [0.3, 0.4) is 0 Å². The lowest BCUT2D eigenvalue weighted by atomic mass is 9.95. The first-order chi connectivity index (χ1) is 11.3. The van der Waals surface area contributed by atoms with Crippen LogP contribution in [0, 0.1) is 5.92 Å². The Bertz CT molecular complexity index is 684. The number of pyridine rings is 1. The molecule has 5 heteroatoms. The number of hydrogen-bond acceptors (Lipinski definition) is 4. The zero-order chi connectivity index (χ0) is 15.6. The van der Waals surface area contributed by atoms with Crippen molar-refractivity contribution in [2.75, 3.05) is 18.0 Å². The van der Waals surface area contributed by atoms with Gasteiger partial charge in [0.2, 0.25) is 5.91 Å². The molecule has 1 saturated carbocycles. The van der Waals surface area contributed by atoms with E-state index in [0.29, 0.717) is 6.04 Å². The third-order valence-electron chi connectivity index (χ3n) is 5.23. The summed E-state index contributed by atoms with van der Waals surface area (Å²) in [6.07, 6.45) is 8.61. The largest absolute Gasteiger partial charge is 0.356 e. The molecule has 23 heavy (non-hydrogen) atoms. The molecule has 1 aliphatic heterocycles. The van der Waals surface area contributed by atoms with Crippen molar-refractivity contribution in [3.63, 3.8) is 0 Å². The number of nitrogens with one attached hydrogen (secondary N) is 1. The number of rotatable bonds is 3. The van der Waals surface area contributed by atoms with Gasteiger partial charge < -0.3 is 10.2 Å². The normalized spacial score (nSPS) is 20.3. The van der Waals surface area contributed by atoms with Crippen molar-refractivity contribution < 1.29 is 4.79 Å². The van der Waals surface area contributed by atoms with Crippen LogP contribution >= 0.6 is 11.3 Å². The summed E-state index contributed by atoms with van der Waals surface area (Å²) < 4.78 is 1.29. The number of piperidine rings is 1. The molecule has 1 saturated heterocycles. The topological polar surface area (TPSA) is 45.2 Å². The van der Waals surface area contributed by atoms with Crippen molar-refractivity contribution in [1.29, 1.82) is 0 Å². The molecule has 0 bridgehead atoms. The average Bonchev–Trinajstić information content (AvgIpc) is 3.25. The number of carbonyl (C=O) groups is 1. The summed E-state index contributed by atoms with van der Waals surface area (Å²) in [5.41, 5.74) is 0. The number of hydrogen-bond donors (Lipinski definition) is 1. The van der Waals surface area contributed by atoms with Crippen LogP contribution in [0.2, 0.25) is 0 Å². The van der Waals surface area contributed by atoms with E-state index < -0.39 is 0 Å². The Morgan fingerprint density at radius 1 is 1.17 bits per heavy atom. The molecular weight excluding hydrogens is 306 g/mol. The van der Waals surface area contributed by atoms with Crippen LogP contribution in [0.25, 0.3) is 10.1 Å². The van der Waals surface area contributed by atoms with E-state index in [9.17, 15) is 4.79 Å². The molecule has 1 aliphatic carbocycles. The van der Waals surface area contributed by atoms with Gasteiger partial charge in [-0.25, -0.2) is 4.98 Å². The lowest BCUT2D eigenvalue weighted by Gasteiger charge is -2.33. The Morgan fingerprint density at radius 2 is 1.96 bits per heavy atom. The van der Waals surface area contributed by atoms with Gasteiger partial charge in [0.15, 0.2) is 0 Å². The molecule has 4 nitrogen and oxygen atoms in total. The molecule has 0 atom stereocenters. The monoisotopic (exact) mass is 329 g/mol. The second kappa shape index (κ2) is 6.48. The molecule has 0 aromatic carbocycles. The maximum absolute atomic E-state index is 12.4. The molecule has 2 aliphatic rings. The summed E-state index contributed by atoms with van der Waals surface area (Å²) in [6.45, 7) is 1.84. The molecule has 3 heterocycles. The fraction of sp³-hybridized carbons (Fsp3) is 0.556. The minimum Gasteiger partial charge on any atom is -0.356 e. The van der Waals surface area contributed by atoms with E-state index in [4.69, 9.17) is 0 Å². The first-order valence-corrected chi connectivity index (χ1v) is 9.57. The number of thiophene rings is 1. The van der Waals surface area contributed by atoms with Crippen molar-refractivity contribution >= 4 is 33.1 Å². The zero-order valence-electron chi connectivity index (χ0n) is 13.3. The summed E-state index contributed by atoms with van der Waals surface area (Å²) in [4.78, 5) is 19.4. The number of nitrogens with zero attached hydrogens (tertiary/aromatic N) is 2. The zero-order valence-corrected chi connectivity index (χ0v) is 14.1. The van der Waals surface area contributed by atoms with Crippen LogP contribution in [0.4, 0.5) is 5.82 Å². The number of fused-ring (bicyclic) bond motifs is 1. The molecule has 1 amide bonds. The van der Waals surface area contributed by atoms with Crippen molar-refractivity contribution in [2.45, 2.75) is 44.6 Å². The second-order valence-corrected chi connectivity index (χ2v) is 7.67. The van der Waals surface area contributed by atoms with Crippen molar-refractivity contribution in [2.24, 2.45) is 5.92 Å². The van der Waals surface area contributed by atoms with E-state index in [1.165, 1.54) is 22.9 Å². The molecule has 0 spiro atoms. The number of amides is 1. The predicted octanol–water partition coefficient (Wildman–Crippen LogP) is 3.57. The van der Waals surface area contributed by atoms with E-state index >= 15 is 0 Å². The molecule has 4 rings (SSSR count). The minimum atomic E-state index is 0.175. The van der Waals surface area contributed by atoms with Gasteiger partial charge >= 0.3 is 0 Å². The van der Waals surface area contributed by atoms with Crippen molar-refractivity contribution in [1.82, 2.24) is 10.3 Å². The highest BCUT2D eigenvalue weighted by atomic mass is 32.1. The van der Waals surface area contributed by atoms with Crippen LogP contribution in [0.15, 0.2) is 23.7 Å². The standard InChI is InChI=1S/C18H23N3OS/c22-18(20-14-3-1-2-4-14)13-6-10-21(11-7-13)17-15-8-12-23-16(15)5-9-19-17/h5,8-9,12-14H,1-4,6-7,10-11H2,(H,20,22). The molecule has 0 unspecified atom stereocenters. The van der Waals surface area contributed by atoms with Crippen LogP contribution in [0.5, 0.6) is 0 Å². The van der Waals surface area contributed by atoms with Crippen LogP contribution in [-0.2, 0) is 4.79 Å². The first-order valence-electron chi connectivity index (χ1n) is 8.69. The first kappa shape index (κ1) is 14.9. The number of anilines is 1. The highest BCUT2D eigenvalue weighted by molar-refractivity contribution is 7.17. The van der Waals surface area contributed by atoms with Crippen LogP contribution < -0.4 is 10.2 Å². The van der Waals surface area contributed by atoms with E-state index in [0.717, 1.165) is 44.6 Å². The Balaban J connectivity index is 1.39. The number of aromatic nitrogens is 1. The van der Waals surface area contributed by atoms with Crippen LogP contribution in [-0.4, -0.2) is 30.0 Å². The molecule has 2 aromatic rings. The van der Waals surface area contributed by atoms with Gasteiger partial charge in [-0.05, 0) is 43.2 Å². The van der Waals surface area contributed by atoms with Crippen LogP contribution in [0.1, 0.15) is 38.5 Å². The molecule has 1 N–H and O–H groups in total. The lowest BCUT2D eigenvalue weighted by molar-refractivity contribution is -0.126. The van der Waals surface area contributed by atoms with E-state index in [2.05, 4.69) is 32.7 Å². The van der Waals surface area contributed by atoms with Gasteiger partial charge in [-0.15, -0.1) is 11.3 Å². The smallest absolute Gasteiger partial charge is 0.223 e. The maximum atomic E-state index is 12.4. The molecule has 2 aromatic heterocycles. The van der Waals surface area contributed by atoms with Gasteiger partial charge in [-0.3, -0.25) is 4.79 Å². The third kappa shape index (κ3) is 3.07. The lowest BCUT2D eigenvalue weighted by Crippen LogP contribution is -2.43. The summed E-state index contributed by atoms with van der Waals surface area (Å²) >= 11 is 1.76. The molecule has 2 fully saturated rings. The molecule has 0 radical (unpaired) electrons. The fourth-order valence-electron chi connectivity index (χ4n) is 3.87. The summed E-state index contributed by atoms with van der Waals surface area (Å²) in [6, 6.07) is 4.66. The van der Waals surface area contributed by atoms with Crippen molar-refractivity contribution in [3.05, 3.63) is 23.7 Å². The summed E-state index contributed by atoms with van der Waals surface area (Å²) in [5, 5.41) is 6.62. The molecular formula is C18H23N3OS. The highest BCUT2D eigenvalue weighted by Gasteiger charge is 2.28. The van der Waals surface area contributed by atoms with Gasteiger partial charge in [0.05, 0.1) is 0 Å². The Kier molecular flexibility index (Phi) is 4.21. The summed E-state index contributed by atoms with van der Waals surface area (Å²) in [7, 11) is 0. The summed E-state index contributed by atoms with van der Waals surface area (Å²) in [5.74, 6) is 1.53. The predicted molar refractivity (Wildman–Crippen MR) is 95.0 cm³/mol. The van der Waals surface area contributed by atoms with E-state index in [1.54, 1.807) is 11.3 Å². The van der Waals surface area contributed by atoms with Gasteiger partial charge in [-0.2, -0.15) is 0 Å². The Morgan fingerprint density at radius 3 is 2.74 bits per heavy atom. The Hall–Kier alpha value is -1.62. The van der Waals surface area contributed by atoms with E-state index in [1.807, 2.05) is 6.20 Å². The van der Waals surface area contributed by atoms with Gasteiger partial charge in [0, 0.05) is 41.3 Å². The SMILES string of the molecule is O=C(NC1CCCC1)C1CCN(c2nccc3sccc23)CC1. The van der Waals surface area contributed by atoms with Gasteiger partial charge in [-0.1, -0.05) is 12.8 Å².